The number of nitrogens with zero attached hydrogens (tertiary/aromatic N) is 1. The fourth-order valence-electron chi connectivity index (χ4n) is 0.705. The summed E-state index contributed by atoms with van der Waals surface area (Å²) in [6.45, 7) is 5.47. The van der Waals surface area contributed by atoms with Crippen LogP contribution in [-0.4, -0.2) is 30.3 Å². The quantitative estimate of drug-likeness (QED) is 0.599. The topological polar surface area (TPSA) is 63.4 Å². The predicted octanol–water partition coefficient (Wildman–Crippen LogP) is -0.104. The molecule has 4 heteroatoms. The molecule has 68 valence electrons. The molecule has 0 radical (unpaired) electrons. The Bertz CT molecular complexity index is 211. The first-order valence-corrected chi connectivity index (χ1v) is 3.64. The first kappa shape index (κ1) is 10.7. The SMILES string of the molecule is C=C(C)C(=O)N(C)CCC(N)=O. The minimum Gasteiger partial charge on any atom is -0.370 e. The van der Waals surface area contributed by atoms with Crippen LogP contribution in [0.4, 0.5) is 0 Å². The van der Waals surface area contributed by atoms with Gasteiger partial charge >= 0.3 is 0 Å². The van der Waals surface area contributed by atoms with Crippen LogP contribution in [0.2, 0.25) is 0 Å². The summed E-state index contributed by atoms with van der Waals surface area (Å²) >= 11 is 0. The van der Waals surface area contributed by atoms with E-state index in [1.807, 2.05) is 0 Å². The Morgan fingerprint density at radius 2 is 2.00 bits per heavy atom. The van der Waals surface area contributed by atoms with Crippen LogP contribution >= 0.6 is 0 Å². The van der Waals surface area contributed by atoms with Crippen LogP contribution in [0.1, 0.15) is 13.3 Å². The van der Waals surface area contributed by atoms with Crippen LogP contribution < -0.4 is 5.73 Å². The van der Waals surface area contributed by atoms with E-state index in [0.29, 0.717) is 12.1 Å². The van der Waals surface area contributed by atoms with Gasteiger partial charge in [0.05, 0.1) is 0 Å². The van der Waals surface area contributed by atoms with Crippen LogP contribution in [-0.2, 0) is 9.59 Å². The highest BCUT2D eigenvalue weighted by atomic mass is 16.2. The van der Waals surface area contributed by atoms with Gasteiger partial charge in [0.2, 0.25) is 11.8 Å². The first-order chi connectivity index (χ1) is 5.45. The van der Waals surface area contributed by atoms with Crippen LogP contribution in [0.15, 0.2) is 12.2 Å². The number of amides is 2. The van der Waals surface area contributed by atoms with Crippen LogP contribution in [0, 0.1) is 0 Å². The summed E-state index contributed by atoms with van der Waals surface area (Å²) in [5.41, 5.74) is 5.38. The van der Waals surface area contributed by atoms with Gasteiger partial charge in [-0.1, -0.05) is 6.58 Å². The van der Waals surface area contributed by atoms with E-state index in [0.717, 1.165) is 0 Å². The number of carbonyl (C=O) groups is 2. The average molecular weight is 170 g/mol. The maximum absolute atomic E-state index is 11.1. The Morgan fingerprint density at radius 1 is 1.50 bits per heavy atom. The van der Waals surface area contributed by atoms with Crippen LogP contribution in [0.25, 0.3) is 0 Å². The zero-order chi connectivity index (χ0) is 9.72. The fraction of sp³-hybridized carbons (Fsp3) is 0.500. The van der Waals surface area contributed by atoms with E-state index in [4.69, 9.17) is 5.73 Å². The highest BCUT2D eigenvalue weighted by Crippen LogP contribution is 1.96. The number of likely N-dealkylation sites (N-methyl/N-ethyl adjacent to an activating group) is 1. The highest BCUT2D eigenvalue weighted by Gasteiger charge is 2.08. The minimum absolute atomic E-state index is 0.156. The standard InChI is InChI=1S/C8H14N2O2/c1-6(2)8(12)10(3)5-4-7(9)11/h1,4-5H2,2-3H3,(H2,9,11). The van der Waals surface area contributed by atoms with Crippen molar-refractivity contribution in [2.45, 2.75) is 13.3 Å². The van der Waals surface area contributed by atoms with E-state index in [9.17, 15) is 9.59 Å². The molecule has 0 saturated carbocycles. The Balaban J connectivity index is 3.87. The Hall–Kier alpha value is -1.32. The van der Waals surface area contributed by atoms with Crippen molar-refractivity contribution in [1.29, 1.82) is 0 Å². The first-order valence-electron chi connectivity index (χ1n) is 3.64. The maximum Gasteiger partial charge on any atom is 0.248 e. The molecule has 0 bridgehead atoms. The summed E-state index contributed by atoms with van der Waals surface area (Å²) in [6, 6.07) is 0. The Morgan fingerprint density at radius 3 is 2.33 bits per heavy atom. The summed E-state index contributed by atoms with van der Waals surface area (Å²) in [5, 5.41) is 0. The summed E-state index contributed by atoms with van der Waals surface area (Å²) in [6.07, 6.45) is 0.190. The third-order valence-corrected chi connectivity index (χ3v) is 1.41. The van der Waals surface area contributed by atoms with Gasteiger partial charge in [0.15, 0.2) is 0 Å². The molecule has 0 aliphatic rings. The molecule has 0 aromatic carbocycles. The number of hydrogen-bond acceptors (Lipinski definition) is 2. The molecule has 0 aliphatic carbocycles. The smallest absolute Gasteiger partial charge is 0.248 e. The average Bonchev–Trinajstić information content (AvgIpc) is 1.98. The third-order valence-electron chi connectivity index (χ3n) is 1.41. The molecule has 2 N–H and O–H groups in total. The van der Waals surface area contributed by atoms with Crippen molar-refractivity contribution in [3.63, 3.8) is 0 Å². The van der Waals surface area contributed by atoms with E-state index in [1.54, 1.807) is 14.0 Å². The fourth-order valence-corrected chi connectivity index (χ4v) is 0.705. The number of carbonyl (C=O) groups excluding carboxylic acids is 2. The second-order valence-electron chi connectivity index (χ2n) is 2.72. The lowest BCUT2D eigenvalue weighted by molar-refractivity contribution is -0.126. The third kappa shape index (κ3) is 3.75. The van der Waals surface area contributed by atoms with E-state index >= 15 is 0 Å². The molecular formula is C8H14N2O2. The molecule has 0 unspecified atom stereocenters. The largest absolute Gasteiger partial charge is 0.370 e. The monoisotopic (exact) mass is 170 g/mol. The van der Waals surface area contributed by atoms with Crippen molar-refractivity contribution < 1.29 is 9.59 Å². The van der Waals surface area contributed by atoms with Crippen LogP contribution in [0.3, 0.4) is 0 Å². The molecule has 0 saturated heterocycles. The maximum atomic E-state index is 11.1. The van der Waals surface area contributed by atoms with E-state index in [1.165, 1.54) is 4.90 Å². The molecule has 0 rings (SSSR count). The molecule has 12 heavy (non-hydrogen) atoms. The van der Waals surface area contributed by atoms with Gasteiger partial charge in [-0.25, -0.2) is 0 Å². The lowest BCUT2D eigenvalue weighted by Crippen LogP contribution is -2.30. The molecule has 0 aromatic heterocycles. The molecule has 4 nitrogen and oxygen atoms in total. The van der Waals surface area contributed by atoms with Crippen LogP contribution in [0.5, 0.6) is 0 Å². The van der Waals surface area contributed by atoms with E-state index < -0.39 is 5.91 Å². The Labute approximate surface area is 72.0 Å². The molecule has 0 aliphatic heterocycles. The number of rotatable bonds is 4. The molecular weight excluding hydrogens is 156 g/mol. The zero-order valence-corrected chi connectivity index (χ0v) is 7.46. The van der Waals surface area contributed by atoms with Gasteiger partial charge in [0.25, 0.3) is 0 Å². The van der Waals surface area contributed by atoms with E-state index in [-0.39, 0.29) is 12.3 Å². The number of primary amides is 1. The summed E-state index contributed by atoms with van der Waals surface area (Å²) in [5.74, 6) is -0.562. The zero-order valence-electron chi connectivity index (χ0n) is 7.46. The summed E-state index contributed by atoms with van der Waals surface area (Å²) < 4.78 is 0. The van der Waals surface area contributed by atoms with Gasteiger partial charge < -0.3 is 10.6 Å². The Kier molecular flexibility index (Phi) is 4.04. The van der Waals surface area contributed by atoms with Gasteiger partial charge in [0, 0.05) is 25.6 Å². The minimum atomic E-state index is -0.406. The van der Waals surface area contributed by atoms with Gasteiger partial charge in [-0.05, 0) is 6.92 Å². The normalized spacial score (nSPS) is 9.17. The molecule has 0 aromatic rings. The lowest BCUT2D eigenvalue weighted by Gasteiger charge is -2.15. The summed E-state index contributed by atoms with van der Waals surface area (Å²) in [7, 11) is 1.61. The highest BCUT2D eigenvalue weighted by molar-refractivity contribution is 5.92. The summed E-state index contributed by atoms with van der Waals surface area (Å²) in [4.78, 5) is 22.9. The van der Waals surface area contributed by atoms with Crippen molar-refractivity contribution in [2.75, 3.05) is 13.6 Å². The number of nitrogens with two attached hydrogens (primary N) is 1. The van der Waals surface area contributed by atoms with Crippen molar-refractivity contribution in [3.05, 3.63) is 12.2 Å². The van der Waals surface area contributed by atoms with Crippen molar-refractivity contribution in [2.24, 2.45) is 5.73 Å². The molecule has 0 fully saturated rings. The second-order valence-corrected chi connectivity index (χ2v) is 2.72. The van der Waals surface area contributed by atoms with Crippen molar-refractivity contribution >= 4 is 11.8 Å². The van der Waals surface area contributed by atoms with Gasteiger partial charge in [-0.3, -0.25) is 9.59 Å². The van der Waals surface area contributed by atoms with Gasteiger partial charge in [-0.15, -0.1) is 0 Å². The number of hydrogen-bond donors (Lipinski definition) is 1. The lowest BCUT2D eigenvalue weighted by atomic mass is 10.3. The molecule has 0 atom stereocenters. The molecule has 0 spiro atoms. The van der Waals surface area contributed by atoms with Crippen molar-refractivity contribution in [1.82, 2.24) is 4.90 Å². The van der Waals surface area contributed by atoms with E-state index in [2.05, 4.69) is 6.58 Å². The second kappa shape index (κ2) is 4.54. The van der Waals surface area contributed by atoms with Crippen molar-refractivity contribution in [3.8, 4) is 0 Å². The predicted molar refractivity (Wildman–Crippen MR) is 46.3 cm³/mol. The molecule has 2 amide bonds. The van der Waals surface area contributed by atoms with Gasteiger partial charge in [0.1, 0.15) is 0 Å². The molecule has 0 heterocycles. The van der Waals surface area contributed by atoms with Gasteiger partial charge in [-0.2, -0.15) is 0 Å².